The molecular weight excluding hydrogens is 272 g/mol. The van der Waals surface area contributed by atoms with Crippen molar-refractivity contribution in [3.05, 3.63) is 29.8 Å². The SMILES string of the molecule is COCC(C)NC(=O)CN(C)c1ccccc1C(=O)OC. The first-order valence-electron chi connectivity index (χ1n) is 6.66. The van der Waals surface area contributed by atoms with Crippen molar-refractivity contribution in [3.63, 3.8) is 0 Å². The summed E-state index contributed by atoms with van der Waals surface area (Å²) in [5, 5.41) is 2.82. The molecule has 21 heavy (non-hydrogen) atoms. The van der Waals surface area contributed by atoms with Gasteiger partial charge in [0.25, 0.3) is 0 Å². The summed E-state index contributed by atoms with van der Waals surface area (Å²) in [5.41, 5.74) is 1.08. The van der Waals surface area contributed by atoms with Gasteiger partial charge >= 0.3 is 5.97 Å². The van der Waals surface area contributed by atoms with Gasteiger partial charge in [-0.05, 0) is 19.1 Å². The van der Waals surface area contributed by atoms with Crippen LogP contribution in [-0.4, -0.2) is 52.3 Å². The summed E-state index contributed by atoms with van der Waals surface area (Å²) in [4.78, 5) is 25.4. The minimum Gasteiger partial charge on any atom is -0.465 e. The summed E-state index contributed by atoms with van der Waals surface area (Å²) in [5.74, 6) is -0.563. The van der Waals surface area contributed by atoms with Crippen molar-refractivity contribution >= 4 is 17.6 Å². The second-order valence-electron chi connectivity index (χ2n) is 4.79. The topological polar surface area (TPSA) is 67.9 Å². The molecule has 1 amide bonds. The van der Waals surface area contributed by atoms with E-state index >= 15 is 0 Å². The molecule has 0 aromatic heterocycles. The zero-order valence-electron chi connectivity index (χ0n) is 12.9. The molecular formula is C15H22N2O4. The lowest BCUT2D eigenvalue weighted by atomic mass is 10.1. The van der Waals surface area contributed by atoms with Gasteiger partial charge in [0, 0.05) is 20.2 Å². The molecule has 6 nitrogen and oxygen atoms in total. The Balaban J connectivity index is 2.73. The Morgan fingerprint density at radius 1 is 1.29 bits per heavy atom. The molecule has 116 valence electrons. The number of para-hydroxylation sites is 1. The summed E-state index contributed by atoms with van der Waals surface area (Å²) in [6.45, 7) is 2.46. The molecule has 0 bridgehead atoms. The van der Waals surface area contributed by atoms with Crippen LogP contribution in [0.15, 0.2) is 24.3 Å². The molecule has 1 N–H and O–H groups in total. The van der Waals surface area contributed by atoms with E-state index in [0.717, 1.165) is 0 Å². The fourth-order valence-electron chi connectivity index (χ4n) is 2.00. The number of esters is 1. The number of hydrogen-bond donors (Lipinski definition) is 1. The van der Waals surface area contributed by atoms with Gasteiger partial charge in [-0.1, -0.05) is 12.1 Å². The quantitative estimate of drug-likeness (QED) is 0.762. The van der Waals surface area contributed by atoms with Crippen LogP contribution in [0.5, 0.6) is 0 Å². The molecule has 1 aromatic carbocycles. The molecule has 0 saturated carbocycles. The lowest BCUT2D eigenvalue weighted by Crippen LogP contribution is -2.41. The Morgan fingerprint density at radius 2 is 1.95 bits per heavy atom. The molecule has 0 aliphatic carbocycles. The number of likely N-dealkylation sites (N-methyl/N-ethyl adjacent to an activating group) is 1. The van der Waals surface area contributed by atoms with Crippen molar-refractivity contribution in [2.45, 2.75) is 13.0 Å². The zero-order valence-corrected chi connectivity index (χ0v) is 12.9. The van der Waals surface area contributed by atoms with Crippen molar-refractivity contribution in [2.24, 2.45) is 0 Å². The number of amides is 1. The first kappa shape index (κ1) is 17.0. The monoisotopic (exact) mass is 294 g/mol. The largest absolute Gasteiger partial charge is 0.465 e. The standard InChI is InChI=1S/C15H22N2O4/c1-11(10-20-3)16-14(18)9-17(2)13-8-6-5-7-12(13)15(19)21-4/h5-8,11H,9-10H2,1-4H3,(H,16,18). The van der Waals surface area contributed by atoms with E-state index in [-0.39, 0.29) is 18.5 Å². The van der Waals surface area contributed by atoms with Crippen molar-refractivity contribution < 1.29 is 19.1 Å². The first-order valence-corrected chi connectivity index (χ1v) is 6.66. The van der Waals surface area contributed by atoms with Gasteiger partial charge in [0.05, 0.1) is 31.5 Å². The third-order valence-electron chi connectivity index (χ3n) is 2.93. The maximum atomic E-state index is 11.9. The molecule has 1 rings (SSSR count). The number of nitrogens with zero attached hydrogens (tertiary/aromatic N) is 1. The molecule has 0 aliphatic rings. The number of hydrogen-bond acceptors (Lipinski definition) is 5. The first-order chi connectivity index (χ1) is 9.99. The molecule has 0 radical (unpaired) electrons. The van der Waals surface area contributed by atoms with Gasteiger partial charge in [0.15, 0.2) is 0 Å². The van der Waals surface area contributed by atoms with Gasteiger partial charge in [0.2, 0.25) is 5.91 Å². The number of anilines is 1. The van der Waals surface area contributed by atoms with E-state index in [1.54, 1.807) is 37.3 Å². The lowest BCUT2D eigenvalue weighted by molar-refractivity contribution is -0.120. The third-order valence-corrected chi connectivity index (χ3v) is 2.93. The lowest BCUT2D eigenvalue weighted by Gasteiger charge is -2.22. The van der Waals surface area contributed by atoms with Crippen LogP contribution in [0.2, 0.25) is 0 Å². The van der Waals surface area contributed by atoms with E-state index in [4.69, 9.17) is 9.47 Å². The van der Waals surface area contributed by atoms with Crippen molar-refractivity contribution in [1.82, 2.24) is 5.32 Å². The smallest absolute Gasteiger partial charge is 0.339 e. The van der Waals surface area contributed by atoms with Gasteiger partial charge in [-0.15, -0.1) is 0 Å². The molecule has 0 heterocycles. The molecule has 0 aliphatic heterocycles. The second-order valence-corrected chi connectivity index (χ2v) is 4.79. The summed E-state index contributed by atoms with van der Waals surface area (Å²) in [6.07, 6.45) is 0. The van der Waals surface area contributed by atoms with Gasteiger partial charge in [-0.2, -0.15) is 0 Å². The Hall–Kier alpha value is -2.08. The van der Waals surface area contributed by atoms with Crippen LogP contribution in [-0.2, 0) is 14.3 Å². The highest BCUT2D eigenvalue weighted by Crippen LogP contribution is 2.19. The number of carbonyl (C=O) groups excluding carboxylic acids is 2. The van der Waals surface area contributed by atoms with Crippen LogP contribution in [0, 0.1) is 0 Å². The number of carbonyl (C=O) groups is 2. The number of benzene rings is 1. The van der Waals surface area contributed by atoms with Crippen LogP contribution < -0.4 is 10.2 Å². The molecule has 1 aromatic rings. The molecule has 6 heteroatoms. The van der Waals surface area contributed by atoms with Gasteiger partial charge < -0.3 is 19.7 Å². The van der Waals surface area contributed by atoms with Crippen LogP contribution >= 0.6 is 0 Å². The van der Waals surface area contributed by atoms with Crippen molar-refractivity contribution in [3.8, 4) is 0 Å². The van der Waals surface area contributed by atoms with Crippen molar-refractivity contribution in [1.29, 1.82) is 0 Å². The van der Waals surface area contributed by atoms with E-state index in [1.165, 1.54) is 7.11 Å². The van der Waals surface area contributed by atoms with Crippen LogP contribution in [0.25, 0.3) is 0 Å². The minimum atomic E-state index is -0.425. The number of methoxy groups -OCH3 is 2. The fraction of sp³-hybridized carbons (Fsp3) is 0.467. The second kappa shape index (κ2) is 8.26. The molecule has 1 atom stereocenters. The molecule has 0 saturated heterocycles. The van der Waals surface area contributed by atoms with E-state index in [1.807, 2.05) is 13.0 Å². The average Bonchev–Trinajstić information content (AvgIpc) is 2.46. The van der Waals surface area contributed by atoms with E-state index in [9.17, 15) is 9.59 Å². The Bertz CT molecular complexity index is 490. The van der Waals surface area contributed by atoms with Crippen LogP contribution in [0.3, 0.4) is 0 Å². The highest BCUT2D eigenvalue weighted by atomic mass is 16.5. The predicted molar refractivity (Wildman–Crippen MR) is 80.5 cm³/mol. The van der Waals surface area contributed by atoms with E-state index in [0.29, 0.717) is 17.9 Å². The van der Waals surface area contributed by atoms with Crippen LogP contribution in [0.4, 0.5) is 5.69 Å². The van der Waals surface area contributed by atoms with Crippen molar-refractivity contribution in [2.75, 3.05) is 39.3 Å². The summed E-state index contributed by atoms with van der Waals surface area (Å²) in [6, 6.07) is 6.95. The molecule has 1 unspecified atom stereocenters. The molecule has 0 fully saturated rings. The third kappa shape index (κ3) is 5.07. The zero-order chi connectivity index (χ0) is 15.8. The normalized spacial score (nSPS) is 11.6. The molecule has 0 spiro atoms. The van der Waals surface area contributed by atoms with E-state index < -0.39 is 5.97 Å². The number of ether oxygens (including phenoxy) is 2. The summed E-state index contributed by atoms with van der Waals surface area (Å²) >= 11 is 0. The van der Waals surface area contributed by atoms with Gasteiger partial charge in [-0.3, -0.25) is 4.79 Å². The number of nitrogens with one attached hydrogen (secondary N) is 1. The summed E-state index contributed by atoms with van der Waals surface area (Å²) < 4.78 is 9.72. The average molecular weight is 294 g/mol. The highest BCUT2D eigenvalue weighted by molar-refractivity contribution is 5.96. The predicted octanol–water partition coefficient (Wildman–Crippen LogP) is 1.06. The number of rotatable bonds is 7. The van der Waals surface area contributed by atoms with Gasteiger partial charge in [-0.25, -0.2) is 4.79 Å². The fourth-order valence-corrected chi connectivity index (χ4v) is 2.00. The Morgan fingerprint density at radius 3 is 2.57 bits per heavy atom. The maximum absolute atomic E-state index is 11.9. The minimum absolute atomic E-state index is 0.0632. The van der Waals surface area contributed by atoms with E-state index in [2.05, 4.69) is 5.32 Å². The van der Waals surface area contributed by atoms with Gasteiger partial charge in [0.1, 0.15) is 0 Å². The Labute approximate surface area is 125 Å². The highest BCUT2D eigenvalue weighted by Gasteiger charge is 2.16. The summed E-state index contributed by atoms with van der Waals surface area (Å²) in [7, 11) is 4.67. The Kier molecular flexibility index (Phi) is 6.68. The van der Waals surface area contributed by atoms with Crippen LogP contribution in [0.1, 0.15) is 17.3 Å². The maximum Gasteiger partial charge on any atom is 0.339 e.